The minimum Gasteiger partial charge on any atom is -0.491 e. The van der Waals surface area contributed by atoms with E-state index in [4.69, 9.17) is 4.74 Å². The third kappa shape index (κ3) is 3.97. The lowest BCUT2D eigenvalue weighted by Gasteiger charge is -2.37. The van der Waals surface area contributed by atoms with Crippen molar-refractivity contribution in [1.82, 2.24) is 10.2 Å². The number of rotatable bonds is 5. The Morgan fingerprint density at radius 1 is 1.20 bits per heavy atom. The fourth-order valence-electron chi connectivity index (χ4n) is 2.90. The van der Waals surface area contributed by atoms with Crippen molar-refractivity contribution < 1.29 is 4.74 Å². The topological polar surface area (TPSA) is 24.5 Å². The summed E-state index contributed by atoms with van der Waals surface area (Å²) in [6, 6.07) is 9.68. The minimum atomic E-state index is 0.233. The van der Waals surface area contributed by atoms with Crippen molar-refractivity contribution in [2.75, 3.05) is 20.1 Å². The third-order valence-electron chi connectivity index (χ3n) is 4.14. The number of ether oxygens (including phenoxy) is 1. The van der Waals surface area contributed by atoms with Gasteiger partial charge in [0.15, 0.2) is 0 Å². The maximum atomic E-state index is 5.71. The molecule has 0 radical (unpaired) electrons. The van der Waals surface area contributed by atoms with Gasteiger partial charge in [0.25, 0.3) is 0 Å². The lowest BCUT2D eigenvalue weighted by atomic mass is 10.0. The van der Waals surface area contributed by atoms with Gasteiger partial charge in [-0.2, -0.15) is 0 Å². The van der Waals surface area contributed by atoms with E-state index in [0.717, 1.165) is 12.3 Å². The molecule has 1 heterocycles. The molecule has 1 aromatic carbocycles. The molecule has 2 unspecified atom stereocenters. The van der Waals surface area contributed by atoms with Gasteiger partial charge in [-0.1, -0.05) is 12.1 Å². The predicted molar refractivity (Wildman–Crippen MR) is 84.3 cm³/mol. The predicted octanol–water partition coefficient (Wildman–Crippen LogP) is 3.22. The molecule has 2 atom stereocenters. The van der Waals surface area contributed by atoms with E-state index in [0.29, 0.717) is 12.1 Å². The van der Waals surface area contributed by atoms with Gasteiger partial charge >= 0.3 is 0 Å². The second-order valence-corrected chi connectivity index (χ2v) is 6.03. The number of nitrogens with zero attached hydrogens (tertiary/aromatic N) is 1. The van der Waals surface area contributed by atoms with E-state index in [9.17, 15) is 0 Å². The Bertz CT molecular complexity index is 402. The molecule has 0 aromatic heterocycles. The van der Waals surface area contributed by atoms with Crippen LogP contribution in [-0.2, 0) is 0 Å². The first kappa shape index (κ1) is 15.3. The fraction of sp³-hybridized carbons (Fsp3) is 0.647. The molecule has 0 spiro atoms. The van der Waals surface area contributed by atoms with Gasteiger partial charge in [-0.05, 0) is 64.9 Å². The lowest BCUT2D eigenvalue weighted by Crippen LogP contribution is -2.45. The van der Waals surface area contributed by atoms with Crippen LogP contribution in [-0.4, -0.2) is 37.2 Å². The van der Waals surface area contributed by atoms with Gasteiger partial charge in [-0.25, -0.2) is 0 Å². The van der Waals surface area contributed by atoms with Gasteiger partial charge in [0.1, 0.15) is 5.75 Å². The molecule has 1 fully saturated rings. The van der Waals surface area contributed by atoms with Crippen LogP contribution in [0.25, 0.3) is 0 Å². The number of hydrogen-bond acceptors (Lipinski definition) is 3. The first-order chi connectivity index (χ1) is 9.60. The molecule has 1 saturated heterocycles. The zero-order valence-electron chi connectivity index (χ0n) is 13.2. The van der Waals surface area contributed by atoms with Crippen LogP contribution < -0.4 is 10.1 Å². The van der Waals surface area contributed by atoms with Crippen LogP contribution in [0, 0.1) is 0 Å². The first-order valence-corrected chi connectivity index (χ1v) is 7.78. The standard InChI is InChI=1S/C17H28N2O/c1-13(2)20-17-9-7-15(8-10-17)14(3)19-11-5-6-16(12-19)18-4/h7-10,13-14,16,18H,5-6,11-12H2,1-4H3. The van der Waals surface area contributed by atoms with E-state index < -0.39 is 0 Å². The Labute approximate surface area is 123 Å². The molecule has 3 nitrogen and oxygen atoms in total. The Kier molecular flexibility index (Phi) is 5.44. The zero-order chi connectivity index (χ0) is 14.5. The SMILES string of the molecule is CNC1CCCN(C(C)c2ccc(OC(C)C)cc2)C1. The van der Waals surface area contributed by atoms with Crippen LogP contribution in [0.3, 0.4) is 0 Å². The Morgan fingerprint density at radius 2 is 1.90 bits per heavy atom. The highest BCUT2D eigenvalue weighted by molar-refractivity contribution is 5.29. The molecule has 1 aliphatic heterocycles. The van der Waals surface area contributed by atoms with Crippen LogP contribution in [0.15, 0.2) is 24.3 Å². The largest absolute Gasteiger partial charge is 0.491 e. The smallest absolute Gasteiger partial charge is 0.119 e. The second-order valence-electron chi connectivity index (χ2n) is 6.03. The van der Waals surface area contributed by atoms with Gasteiger partial charge in [-0.15, -0.1) is 0 Å². The van der Waals surface area contributed by atoms with Gasteiger partial charge in [0.2, 0.25) is 0 Å². The van der Waals surface area contributed by atoms with E-state index in [1.807, 2.05) is 0 Å². The molecule has 0 amide bonds. The van der Waals surface area contributed by atoms with E-state index in [1.54, 1.807) is 0 Å². The van der Waals surface area contributed by atoms with Gasteiger partial charge < -0.3 is 10.1 Å². The van der Waals surface area contributed by atoms with Crippen LogP contribution in [0.5, 0.6) is 5.75 Å². The molecule has 1 N–H and O–H groups in total. The van der Waals surface area contributed by atoms with E-state index in [2.05, 4.69) is 62.3 Å². The summed E-state index contributed by atoms with van der Waals surface area (Å²) in [5.41, 5.74) is 1.37. The Balaban J connectivity index is 1.99. The monoisotopic (exact) mass is 276 g/mol. The van der Waals surface area contributed by atoms with Crippen molar-refractivity contribution in [3.63, 3.8) is 0 Å². The summed E-state index contributed by atoms with van der Waals surface area (Å²) in [5, 5.41) is 3.41. The maximum Gasteiger partial charge on any atom is 0.119 e. The van der Waals surface area contributed by atoms with Gasteiger partial charge in [-0.3, -0.25) is 4.90 Å². The molecule has 1 aliphatic rings. The molecule has 0 saturated carbocycles. The van der Waals surface area contributed by atoms with Crippen molar-refractivity contribution in [2.45, 2.75) is 51.8 Å². The summed E-state index contributed by atoms with van der Waals surface area (Å²) >= 11 is 0. The lowest BCUT2D eigenvalue weighted by molar-refractivity contribution is 0.149. The van der Waals surface area contributed by atoms with E-state index >= 15 is 0 Å². The van der Waals surface area contributed by atoms with Gasteiger partial charge in [0.05, 0.1) is 6.10 Å². The number of likely N-dealkylation sites (N-methyl/N-ethyl adjacent to an activating group) is 1. The average Bonchev–Trinajstić information content (AvgIpc) is 2.47. The van der Waals surface area contributed by atoms with Crippen molar-refractivity contribution in [2.24, 2.45) is 0 Å². The second kappa shape index (κ2) is 7.09. The molecule has 2 rings (SSSR count). The molecular weight excluding hydrogens is 248 g/mol. The number of likely N-dealkylation sites (tertiary alicyclic amines) is 1. The average molecular weight is 276 g/mol. The number of benzene rings is 1. The summed E-state index contributed by atoms with van der Waals surface area (Å²) in [4.78, 5) is 2.57. The normalized spacial score (nSPS) is 21.9. The Morgan fingerprint density at radius 3 is 2.50 bits per heavy atom. The summed E-state index contributed by atoms with van der Waals surface area (Å²) in [5.74, 6) is 0.961. The zero-order valence-corrected chi connectivity index (χ0v) is 13.2. The highest BCUT2D eigenvalue weighted by atomic mass is 16.5. The molecule has 0 bridgehead atoms. The summed E-state index contributed by atoms with van der Waals surface area (Å²) in [7, 11) is 2.07. The van der Waals surface area contributed by atoms with Crippen LogP contribution in [0.2, 0.25) is 0 Å². The quantitative estimate of drug-likeness (QED) is 0.893. The molecule has 20 heavy (non-hydrogen) atoms. The van der Waals surface area contributed by atoms with Crippen LogP contribution >= 0.6 is 0 Å². The summed E-state index contributed by atoms with van der Waals surface area (Å²) in [6.45, 7) is 8.76. The number of hydrogen-bond donors (Lipinski definition) is 1. The minimum absolute atomic E-state index is 0.233. The van der Waals surface area contributed by atoms with Crippen LogP contribution in [0.4, 0.5) is 0 Å². The molecular formula is C17H28N2O. The summed E-state index contributed by atoms with van der Waals surface area (Å²) < 4.78 is 5.71. The van der Waals surface area contributed by atoms with E-state index in [1.165, 1.54) is 24.9 Å². The van der Waals surface area contributed by atoms with Crippen molar-refractivity contribution in [1.29, 1.82) is 0 Å². The van der Waals surface area contributed by atoms with E-state index in [-0.39, 0.29) is 6.10 Å². The highest BCUT2D eigenvalue weighted by Gasteiger charge is 2.23. The number of piperidine rings is 1. The Hall–Kier alpha value is -1.06. The fourth-order valence-corrected chi connectivity index (χ4v) is 2.90. The molecule has 0 aliphatic carbocycles. The first-order valence-electron chi connectivity index (χ1n) is 7.78. The number of nitrogens with one attached hydrogen (secondary N) is 1. The summed E-state index contributed by atoms with van der Waals surface area (Å²) in [6.07, 6.45) is 2.81. The van der Waals surface area contributed by atoms with Crippen molar-refractivity contribution in [3.8, 4) is 5.75 Å². The molecule has 1 aromatic rings. The molecule has 3 heteroatoms. The highest BCUT2D eigenvalue weighted by Crippen LogP contribution is 2.26. The van der Waals surface area contributed by atoms with Crippen molar-refractivity contribution >= 4 is 0 Å². The third-order valence-corrected chi connectivity index (χ3v) is 4.14. The molecule has 112 valence electrons. The maximum absolute atomic E-state index is 5.71. The van der Waals surface area contributed by atoms with Crippen molar-refractivity contribution in [3.05, 3.63) is 29.8 Å². The van der Waals surface area contributed by atoms with Crippen LogP contribution in [0.1, 0.15) is 45.2 Å². The van der Waals surface area contributed by atoms with Gasteiger partial charge in [0, 0.05) is 18.6 Å².